The quantitative estimate of drug-likeness (QED) is 0.846. The number of fused-ring (bicyclic) bond motifs is 1. The standard InChI is InChI=1S/C18H21N/c1-13-6-8-15(9-7-13)10-16-11-17-5-3-4-14(2)18(17)19-12-16/h3-9,16,19H,10-12H2,1-2H3. The second-order valence-electron chi connectivity index (χ2n) is 5.75. The van der Waals surface area contributed by atoms with E-state index in [0.29, 0.717) is 5.92 Å². The van der Waals surface area contributed by atoms with Crippen LogP contribution in [0.4, 0.5) is 5.69 Å². The molecule has 0 aliphatic carbocycles. The van der Waals surface area contributed by atoms with Crippen molar-refractivity contribution in [2.45, 2.75) is 26.7 Å². The van der Waals surface area contributed by atoms with E-state index in [9.17, 15) is 0 Å². The van der Waals surface area contributed by atoms with Gasteiger partial charge in [-0.15, -0.1) is 0 Å². The van der Waals surface area contributed by atoms with E-state index in [1.807, 2.05) is 0 Å². The van der Waals surface area contributed by atoms with Crippen molar-refractivity contribution in [2.75, 3.05) is 11.9 Å². The molecule has 1 heterocycles. The largest absolute Gasteiger partial charge is 0.384 e. The van der Waals surface area contributed by atoms with Gasteiger partial charge in [0, 0.05) is 12.2 Å². The minimum Gasteiger partial charge on any atom is -0.384 e. The third kappa shape index (κ3) is 2.65. The summed E-state index contributed by atoms with van der Waals surface area (Å²) in [6.45, 7) is 5.42. The molecule has 1 nitrogen and oxygen atoms in total. The highest BCUT2D eigenvalue weighted by Gasteiger charge is 2.19. The van der Waals surface area contributed by atoms with Crippen LogP contribution in [-0.4, -0.2) is 6.54 Å². The van der Waals surface area contributed by atoms with Crippen LogP contribution in [0.3, 0.4) is 0 Å². The van der Waals surface area contributed by atoms with Gasteiger partial charge < -0.3 is 5.32 Å². The average Bonchev–Trinajstić information content (AvgIpc) is 2.42. The Bertz CT molecular complexity index is 569. The molecule has 0 saturated heterocycles. The molecule has 1 aliphatic heterocycles. The molecule has 3 rings (SSSR count). The van der Waals surface area contributed by atoms with E-state index in [-0.39, 0.29) is 0 Å². The van der Waals surface area contributed by atoms with Gasteiger partial charge in [0.05, 0.1) is 0 Å². The van der Waals surface area contributed by atoms with Crippen molar-refractivity contribution in [3.8, 4) is 0 Å². The minimum absolute atomic E-state index is 0.706. The number of rotatable bonds is 2. The fourth-order valence-electron chi connectivity index (χ4n) is 2.98. The van der Waals surface area contributed by atoms with Gasteiger partial charge in [-0.2, -0.15) is 0 Å². The van der Waals surface area contributed by atoms with Gasteiger partial charge in [0.1, 0.15) is 0 Å². The molecule has 19 heavy (non-hydrogen) atoms. The molecule has 0 fully saturated rings. The molecule has 98 valence electrons. The lowest BCUT2D eigenvalue weighted by Crippen LogP contribution is -2.25. The van der Waals surface area contributed by atoms with Crippen LogP contribution in [0.2, 0.25) is 0 Å². The van der Waals surface area contributed by atoms with Gasteiger partial charge >= 0.3 is 0 Å². The summed E-state index contributed by atoms with van der Waals surface area (Å²) in [6.07, 6.45) is 2.36. The number of anilines is 1. The molecule has 1 unspecified atom stereocenters. The second-order valence-corrected chi connectivity index (χ2v) is 5.75. The van der Waals surface area contributed by atoms with Crippen molar-refractivity contribution in [3.63, 3.8) is 0 Å². The molecule has 0 saturated carbocycles. The maximum absolute atomic E-state index is 3.61. The first-order chi connectivity index (χ1) is 9.22. The van der Waals surface area contributed by atoms with Gasteiger partial charge in [-0.1, -0.05) is 48.0 Å². The van der Waals surface area contributed by atoms with Crippen LogP contribution in [0, 0.1) is 19.8 Å². The van der Waals surface area contributed by atoms with E-state index in [0.717, 1.165) is 6.54 Å². The van der Waals surface area contributed by atoms with E-state index in [4.69, 9.17) is 0 Å². The summed E-state index contributed by atoms with van der Waals surface area (Å²) in [5.41, 5.74) is 7.00. The monoisotopic (exact) mass is 251 g/mol. The number of hydrogen-bond acceptors (Lipinski definition) is 1. The predicted molar refractivity (Wildman–Crippen MR) is 81.7 cm³/mol. The molecular formula is C18H21N. The fourth-order valence-corrected chi connectivity index (χ4v) is 2.98. The van der Waals surface area contributed by atoms with E-state index in [1.54, 1.807) is 0 Å². The maximum atomic E-state index is 3.61. The predicted octanol–water partition coefficient (Wildman–Crippen LogP) is 4.13. The molecule has 0 spiro atoms. The topological polar surface area (TPSA) is 12.0 Å². The highest BCUT2D eigenvalue weighted by Crippen LogP contribution is 2.29. The van der Waals surface area contributed by atoms with Gasteiger partial charge in [-0.3, -0.25) is 0 Å². The third-order valence-electron chi connectivity index (χ3n) is 4.08. The van der Waals surface area contributed by atoms with E-state index >= 15 is 0 Å². The van der Waals surface area contributed by atoms with E-state index in [1.165, 1.54) is 40.8 Å². The molecule has 1 atom stereocenters. The van der Waals surface area contributed by atoms with Crippen molar-refractivity contribution in [1.82, 2.24) is 0 Å². The molecule has 1 heteroatoms. The Hall–Kier alpha value is -1.76. The Balaban J connectivity index is 1.74. The number of benzene rings is 2. The van der Waals surface area contributed by atoms with E-state index < -0.39 is 0 Å². The number of nitrogens with one attached hydrogen (secondary N) is 1. The van der Waals surface area contributed by atoms with Crippen LogP contribution < -0.4 is 5.32 Å². The van der Waals surface area contributed by atoms with Crippen LogP contribution in [0.25, 0.3) is 0 Å². The zero-order chi connectivity index (χ0) is 13.2. The zero-order valence-corrected chi connectivity index (χ0v) is 11.7. The summed E-state index contributed by atoms with van der Waals surface area (Å²) in [5.74, 6) is 0.706. The Kier molecular flexibility index (Phi) is 3.29. The van der Waals surface area contributed by atoms with Gasteiger partial charge in [0.25, 0.3) is 0 Å². The molecular weight excluding hydrogens is 230 g/mol. The zero-order valence-electron chi connectivity index (χ0n) is 11.7. The van der Waals surface area contributed by atoms with Gasteiger partial charge in [-0.25, -0.2) is 0 Å². The summed E-state index contributed by atoms with van der Waals surface area (Å²) in [6, 6.07) is 15.6. The first-order valence-electron chi connectivity index (χ1n) is 7.10. The fraction of sp³-hybridized carbons (Fsp3) is 0.333. The highest BCUT2D eigenvalue weighted by molar-refractivity contribution is 5.58. The number of para-hydroxylation sites is 1. The van der Waals surface area contributed by atoms with Crippen LogP contribution in [0.15, 0.2) is 42.5 Å². The smallest absolute Gasteiger partial charge is 0.0402 e. The normalized spacial score (nSPS) is 17.7. The van der Waals surface area contributed by atoms with Gasteiger partial charge in [0.2, 0.25) is 0 Å². The Morgan fingerprint density at radius 2 is 1.84 bits per heavy atom. The van der Waals surface area contributed by atoms with Gasteiger partial charge in [0.15, 0.2) is 0 Å². The summed E-state index contributed by atoms with van der Waals surface area (Å²) < 4.78 is 0. The molecule has 1 aliphatic rings. The molecule has 2 aromatic carbocycles. The van der Waals surface area contributed by atoms with Gasteiger partial charge in [-0.05, 0) is 49.3 Å². The van der Waals surface area contributed by atoms with Crippen LogP contribution >= 0.6 is 0 Å². The van der Waals surface area contributed by atoms with Crippen LogP contribution in [0.1, 0.15) is 22.3 Å². The third-order valence-corrected chi connectivity index (χ3v) is 4.08. The molecule has 2 aromatic rings. The van der Waals surface area contributed by atoms with Crippen LogP contribution in [0.5, 0.6) is 0 Å². The number of aryl methyl sites for hydroxylation is 2. The molecule has 0 amide bonds. The Morgan fingerprint density at radius 3 is 2.63 bits per heavy atom. The second kappa shape index (κ2) is 5.08. The Morgan fingerprint density at radius 1 is 1.05 bits per heavy atom. The Labute approximate surface area is 115 Å². The summed E-state index contributed by atoms with van der Waals surface area (Å²) in [5, 5.41) is 3.61. The first kappa shape index (κ1) is 12.3. The van der Waals surface area contributed by atoms with Crippen molar-refractivity contribution in [3.05, 3.63) is 64.7 Å². The van der Waals surface area contributed by atoms with Crippen LogP contribution in [-0.2, 0) is 12.8 Å². The molecule has 1 N–H and O–H groups in total. The lowest BCUT2D eigenvalue weighted by Gasteiger charge is -2.27. The van der Waals surface area contributed by atoms with Crippen molar-refractivity contribution in [1.29, 1.82) is 0 Å². The summed E-state index contributed by atoms with van der Waals surface area (Å²) in [7, 11) is 0. The van der Waals surface area contributed by atoms with Crippen molar-refractivity contribution in [2.24, 2.45) is 5.92 Å². The maximum Gasteiger partial charge on any atom is 0.0402 e. The minimum atomic E-state index is 0.706. The molecule has 0 aromatic heterocycles. The van der Waals surface area contributed by atoms with Crippen molar-refractivity contribution >= 4 is 5.69 Å². The SMILES string of the molecule is Cc1ccc(CC2CNc3c(C)cccc3C2)cc1. The summed E-state index contributed by atoms with van der Waals surface area (Å²) >= 11 is 0. The van der Waals surface area contributed by atoms with E-state index in [2.05, 4.69) is 61.6 Å². The lowest BCUT2D eigenvalue weighted by molar-refractivity contribution is 0.535. The highest BCUT2D eigenvalue weighted by atomic mass is 14.9. The molecule has 0 radical (unpaired) electrons. The average molecular weight is 251 g/mol. The first-order valence-corrected chi connectivity index (χ1v) is 7.10. The number of hydrogen-bond donors (Lipinski definition) is 1. The summed E-state index contributed by atoms with van der Waals surface area (Å²) in [4.78, 5) is 0. The lowest BCUT2D eigenvalue weighted by atomic mass is 9.88. The molecule has 0 bridgehead atoms. The van der Waals surface area contributed by atoms with Crippen molar-refractivity contribution < 1.29 is 0 Å².